The van der Waals surface area contributed by atoms with Crippen molar-refractivity contribution in [2.45, 2.75) is 32.2 Å². The highest BCUT2D eigenvalue weighted by atomic mass is 16.5. The van der Waals surface area contributed by atoms with E-state index in [-0.39, 0.29) is 0 Å². The molecule has 2 aliphatic heterocycles. The quantitative estimate of drug-likeness (QED) is 0.843. The summed E-state index contributed by atoms with van der Waals surface area (Å²) >= 11 is 0. The van der Waals surface area contributed by atoms with Gasteiger partial charge in [-0.3, -0.25) is 4.90 Å². The van der Waals surface area contributed by atoms with Crippen LogP contribution < -0.4 is 4.90 Å². The van der Waals surface area contributed by atoms with Gasteiger partial charge in [0.15, 0.2) is 0 Å². The molecule has 0 saturated carbocycles. The maximum absolute atomic E-state index is 5.50. The lowest BCUT2D eigenvalue weighted by Crippen LogP contribution is -2.50. The third kappa shape index (κ3) is 2.99. The van der Waals surface area contributed by atoms with Gasteiger partial charge in [-0.2, -0.15) is 0 Å². The molecule has 0 amide bonds. The van der Waals surface area contributed by atoms with Crippen LogP contribution in [0, 0.1) is 0 Å². The van der Waals surface area contributed by atoms with Gasteiger partial charge in [-0.15, -0.1) is 0 Å². The van der Waals surface area contributed by atoms with Gasteiger partial charge in [0.1, 0.15) is 0 Å². The van der Waals surface area contributed by atoms with Crippen molar-refractivity contribution in [2.24, 2.45) is 0 Å². The molecule has 3 heteroatoms. The van der Waals surface area contributed by atoms with Gasteiger partial charge in [0, 0.05) is 44.5 Å². The zero-order valence-electron chi connectivity index (χ0n) is 12.7. The number of hydrogen-bond acceptors (Lipinski definition) is 3. The number of ether oxygens (including phenoxy) is 1. The van der Waals surface area contributed by atoms with Crippen LogP contribution in [0.15, 0.2) is 24.3 Å². The predicted octanol–water partition coefficient (Wildman–Crippen LogP) is 2.72. The molecule has 2 heterocycles. The van der Waals surface area contributed by atoms with Crippen molar-refractivity contribution < 1.29 is 4.74 Å². The molecular weight excluding hydrogens is 248 g/mol. The van der Waals surface area contributed by atoms with Crippen LogP contribution in [-0.4, -0.2) is 50.3 Å². The minimum absolute atomic E-state index is 0.614. The van der Waals surface area contributed by atoms with E-state index in [1.807, 2.05) is 0 Å². The van der Waals surface area contributed by atoms with E-state index in [1.54, 1.807) is 0 Å². The Morgan fingerprint density at radius 3 is 2.30 bits per heavy atom. The van der Waals surface area contributed by atoms with E-state index in [0.29, 0.717) is 12.0 Å². The fourth-order valence-electron chi connectivity index (χ4n) is 3.23. The topological polar surface area (TPSA) is 15.7 Å². The van der Waals surface area contributed by atoms with Crippen molar-refractivity contribution in [1.29, 1.82) is 0 Å². The van der Waals surface area contributed by atoms with Gasteiger partial charge in [0.05, 0.1) is 6.61 Å². The normalized spacial score (nSPS) is 24.6. The molecule has 0 aliphatic carbocycles. The van der Waals surface area contributed by atoms with Gasteiger partial charge >= 0.3 is 0 Å². The van der Waals surface area contributed by atoms with Gasteiger partial charge in [-0.1, -0.05) is 26.0 Å². The van der Waals surface area contributed by atoms with Gasteiger partial charge in [-0.05, 0) is 30.0 Å². The number of anilines is 1. The standard InChI is InChI=1S/C17H26N2O/c1-14(2)15-3-5-16(6-4-15)18-8-10-19(11-9-18)17-7-12-20-13-17/h3-6,14,17H,7-13H2,1-2H3. The molecule has 0 N–H and O–H groups in total. The second kappa shape index (κ2) is 6.15. The Labute approximate surface area is 122 Å². The summed E-state index contributed by atoms with van der Waals surface area (Å²) in [5, 5.41) is 0. The molecule has 3 rings (SSSR count). The summed E-state index contributed by atoms with van der Waals surface area (Å²) in [7, 11) is 0. The molecule has 20 heavy (non-hydrogen) atoms. The Balaban J connectivity index is 1.57. The number of benzene rings is 1. The summed E-state index contributed by atoms with van der Waals surface area (Å²) in [4.78, 5) is 5.11. The van der Waals surface area contributed by atoms with Crippen LogP contribution in [0.4, 0.5) is 5.69 Å². The molecule has 1 atom stereocenters. The van der Waals surface area contributed by atoms with Crippen LogP contribution >= 0.6 is 0 Å². The van der Waals surface area contributed by atoms with Gasteiger partial charge in [0.25, 0.3) is 0 Å². The molecular formula is C17H26N2O. The second-order valence-electron chi connectivity index (χ2n) is 6.29. The lowest BCUT2D eigenvalue weighted by Gasteiger charge is -2.38. The number of nitrogens with zero attached hydrogens (tertiary/aromatic N) is 2. The van der Waals surface area contributed by atoms with E-state index in [0.717, 1.165) is 26.3 Å². The van der Waals surface area contributed by atoms with Crippen LogP contribution in [0.5, 0.6) is 0 Å². The highest BCUT2D eigenvalue weighted by Gasteiger charge is 2.26. The Kier molecular flexibility index (Phi) is 4.27. The number of hydrogen-bond donors (Lipinski definition) is 0. The molecule has 0 radical (unpaired) electrons. The summed E-state index contributed by atoms with van der Waals surface area (Å²) in [6.07, 6.45) is 1.21. The summed E-state index contributed by atoms with van der Waals surface area (Å²) < 4.78 is 5.50. The van der Waals surface area contributed by atoms with Crippen LogP contribution in [0.3, 0.4) is 0 Å². The molecule has 0 spiro atoms. The largest absolute Gasteiger partial charge is 0.380 e. The van der Waals surface area contributed by atoms with Gasteiger partial charge in [-0.25, -0.2) is 0 Å². The number of rotatable bonds is 3. The van der Waals surface area contributed by atoms with E-state index in [9.17, 15) is 0 Å². The van der Waals surface area contributed by atoms with E-state index < -0.39 is 0 Å². The molecule has 2 fully saturated rings. The lowest BCUT2D eigenvalue weighted by molar-refractivity contribution is 0.139. The molecule has 0 bridgehead atoms. The Hall–Kier alpha value is -1.06. The molecule has 0 aromatic heterocycles. The Morgan fingerprint density at radius 2 is 1.75 bits per heavy atom. The maximum Gasteiger partial charge on any atom is 0.0622 e. The van der Waals surface area contributed by atoms with Gasteiger partial charge in [0.2, 0.25) is 0 Å². The van der Waals surface area contributed by atoms with Crippen LogP contribution in [0.1, 0.15) is 31.7 Å². The average Bonchev–Trinajstić information content (AvgIpc) is 3.02. The fraction of sp³-hybridized carbons (Fsp3) is 0.647. The van der Waals surface area contributed by atoms with Gasteiger partial charge < -0.3 is 9.64 Å². The lowest BCUT2D eigenvalue weighted by atomic mass is 10.0. The first kappa shape index (κ1) is 13.9. The molecule has 2 aliphatic rings. The first-order chi connectivity index (χ1) is 9.74. The zero-order chi connectivity index (χ0) is 13.9. The first-order valence-electron chi connectivity index (χ1n) is 7.91. The Bertz CT molecular complexity index is 415. The van der Waals surface area contributed by atoms with Crippen LogP contribution in [-0.2, 0) is 4.74 Å². The summed E-state index contributed by atoms with van der Waals surface area (Å²) in [6.45, 7) is 11.0. The SMILES string of the molecule is CC(C)c1ccc(N2CCN(C3CCOC3)CC2)cc1. The molecule has 1 aromatic rings. The van der Waals surface area contributed by atoms with Crippen LogP contribution in [0.25, 0.3) is 0 Å². The monoisotopic (exact) mass is 274 g/mol. The summed E-state index contributed by atoms with van der Waals surface area (Å²) in [5.74, 6) is 0.614. The zero-order valence-corrected chi connectivity index (χ0v) is 12.7. The third-order valence-electron chi connectivity index (χ3n) is 4.66. The highest BCUT2D eigenvalue weighted by molar-refractivity contribution is 5.48. The van der Waals surface area contributed by atoms with E-state index in [4.69, 9.17) is 4.74 Å². The minimum atomic E-state index is 0.614. The van der Waals surface area contributed by atoms with Crippen molar-refractivity contribution in [3.63, 3.8) is 0 Å². The van der Waals surface area contributed by atoms with Crippen molar-refractivity contribution in [3.05, 3.63) is 29.8 Å². The average molecular weight is 274 g/mol. The first-order valence-corrected chi connectivity index (χ1v) is 7.91. The third-order valence-corrected chi connectivity index (χ3v) is 4.66. The summed E-state index contributed by atoms with van der Waals surface area (Å²) in [5.41, 5.74) is 2.80. The van der Waals surface area contributed by atoms with E-state index >= 15 is 0 Å². The second-order valence-corrected chi connectivity index (χ2v) is 6.29. The molecule has 110 valence electrons. The van der Waals surface area contributed by atoms with Crippen molar-refractivity contribution in [2.75, 3.05) is 44.3 Å². The summed E-state index contributed by atoms with van der Waals surface area (Å²) in [6, 6.07) is 9.78. The van der Waals surface area contributed by atoms with Crippen molar-refractivity contribution in [3.8, 4) is 0 Å². The molecule has 1 aromatic carbocycles. The molecule has 2 saturated heterocycles. The maximum atomic E-state index is 5.50. The van der Waals surface area contributed by atoms with Crippen molar-refractivity contribution >= 4 is 5.69 Å². The predicted molar refractivity (Wildman–Crippen MR) is 83.5 cm³/mol. The highest BCUT2D eigenvalue weighted by Crippen LogP contribution is 2.22. The minimum Gasteiger partial charge on any atom is -0.380 e. The van der Waals surface area contributed by atoms with Crippen LogP contribution in [0.2, 0.25) is 0 Å². The van der Waals surface area contributed by atoms with E-state index in [1.165, 1.54) is 30.8 Å². The fourth-order valence-corrected chi connectivity index (χ4v) is 3.23. The van der Waals surface area contributed by atoms with E-state index in [2.05, 4.69) is 47.9 Å². The number of piperazine rings is 1. The molecule has 1 unspecified atom stereocenters. The van der Waals surface area contributed by atoms with Crippen molar-refractivity contribution in [1.82, 2.24) is 4.90 Å². The Morgan fingerprint density at radius 1 is 1.05 bits per heavy atom. The smallest absolute Gasteiger partial charge is 0.0622 e. The molecule has 3 nitrogen and oxygen atoms in total.